The van der Waals surface area contributed by atoms with Crippen molar-refractivity contribution < 1.29 is 9.53 Å². The van der Waals surface area contributed by atoms with Gasteiger partial charge in [-0.25, -0.2) is 0 Å². The Hall–Kier alpha value is -0.790. The van der Waals surface area contributed by atoms with E-state index >= 15 is 0 Å². The van der Waals surface area contributed by atoms with Gasteiger partial charge in [0.25, 0.3) is 0 Å². The van der Waals surface area contributed by atoms with Gasteiger partial charge in [0.05, 0.1) is 0 Å². The van der Waals surface area contributed by atoms with E-state index in [4.69, 9.17) is 4.74 Å². The van der Waals surface area contributed by atoms with Crippen LogP contribution >= 0.6 is 0 Å². The number of allylic oxidation sites excluding steroid dienone is 1. The maximum Gasteiger partial charge on any atom is 0.306 e. The molecule has 0 rings (SSSR count). The topological polar surface area (TPSA) is 26.3 Å². The van der Waals surface area contributed by atoms with Crippen LogP contribution in [0, 0.1) is 0 Å². The molecule has 0 aliphatic carbocycles. The highest BCUT2D eigenvalue weighted by Gasteiger charge is 2.00. The van der Waals surface area contributed by atoms with Gasteiger partial charge in [0.1, 0.15) is 6.61 Å². The molecule has 0 aromatic rings. The molecule has 94 valence electrons. The van der Waals surface area contributed by atoms with E-state index in [9.17, 15) is 4.79 Å². The van der Waals surface area contributed by atoms with Crippen molar-refractivity contribution in [1.82, 2.24) is 0 Å². The maximum absolute atomic E-state index is 11.3. The molecule has 0 radical (unpaired) electrons. The minimum absolute atomic E-state index is 0.0577. The van der Waals surface area contributed by atoms with Crippen molar-refractivity contribution in [1.29, 1.82) is 0 Å². The minimum atomic E-state index is -0.0577. The second kappa shape index (κ2) is 12.3. The van der Waals surface area contributed by atoms with Gasteiger partial charge in [0.15, 0.2) is 0 Å². The smallest absolute Gasteiger partial charge is 0.306 e. The number of rotatable bonds is 10. The van der Waals surface area contributed by atoms with E-state index in [1.165, 1.54) is 19.3 Å². The fourth-order valence-corrected chi connectivity index (χ4v) is 1.44. The summed E-state index contributed by atoms with van der Waals surface area (Å²) in [6.45, 7) is 4.76. The fourth-order valence-electron chi connectivity index (χ4n) is 1.44. The van der Waals surface area contributed by atoms with Crippen molar-refractivity contribution in [3.05, 3.63) is 12.2 Å². The van der Waals surface area contributed by atoms with Crippen LogP contribution in [0.5, 0.6) is 0 Å². The summed E-state index contributed by atoms with van der Waals surface area (Å²) >= 11 is 0. The van der Waals surface area contributed by atoms with E-state index in [1.54, 1.807) is 0 Å². The van der Waals surface area contributed by atoms with Gasteiger partial charge in [0.2, 0.25) is 0 Å². The van der Waals surface area contributed by atoms with Crippen LogP contribution in [-0.2, 0) is 9.53 Å². The third-order valence-corrected chi connectivity index (χ3v) is 2.45. The van der Waals surface area contributed by atoms with E-state index in [1.807, 2.05) is 6.08 Å². The van der Waals surface area contributed by atoms with Crippen LogP contribution in [0.1, 0.15) is 65.2 Å². The highest BCUT2D eigenvalue weighted by Crippen LogP contribution is 2.05. The summed E-state index contributed by atoms with van der Waals surface area (Å²) < 4.78 is 5.07. The van der Waals surface area contributed by atoms with Gasteiger partial charge in [-0.05, 0) is 12.8 Å². The molecule has 0 spiro atoms. The van der Waals surface area contributed by atoms with E-state index in [2.05, 4.69) is 19.9 Å². The molecule has 2 heteroatoms. The normalized spacial score (nSPS) is 10.9. The highest BCUT2D eigenvalue weighted by molar-refractivity contribution is 5.69. The molecule has 0 atom stereocenters. The third-order valence-electron chi connectivity index (χ3n) is 2.45. The molecule has 0 saturated heterocycles. The molecule has 0 aliphatic heterocycles. The molecular weight excluding hydrogens is 200 g/mol. The van der Waals surface area contributed by atoms with Crippen LogP contribution in [0.3, 0.4) is 0 Å². The lowest BCUT2D eigenvalue weighted by molar-refractivity contribution is -0.142. The first kappa shape index (κ1) is 15.2. The van der Waals surface area contributed by atoms with Gasteiger partial charge in [-0.2, -0.15) is 0 Å². The number of carbonyl (C=O) groups is 1. The van der Waals surface area contributed by atoms with Crippen LogP contribution < -0.4 is 0 Å². The van der Waals surface area contributed by atoms with Gasteiger partial charge < -0.3 is 4.74 Å². The van der Waals surface area contributed by atoms with Crippen LogP contribution in [0.15, 0.2) is 12.2 Å². The average molecular weight is 226 g/mol. The number of ether oxygens (including phenoxy) is 1. The van der Waals surface area contributed by atoms with Gasteiger partial charge in [0, 0.05) is 6.42 Å². The van der Waals surface area contributed by atoms with E-state index in [0.29, 0.717) is 13.0 Å². The summed E-state index contributed by atoms with van der Waals surface area (Å²) in [5.41, 5.74) is 0. The van der Waals surface area contributed by atoms with Crippen molar-refractivity contribution in [3.8, 4) is 0 Å². The van der Waals surface area contributed by atoms with Crippen molar-refractivity contribution in [2.24, 2.45) is 0 Å². The zero-order valence-electron chi connectivity index (χ0n) is 10.8. The summed E-state index contributed by atoms with van der Waals surface area (Å²) in [4.78, 5) is 11.3. The standard InChI is InChI=1S/C14H26O2/c1-3-5-7-9-10-12-14(15)16-13-11-8-6-4-2/h8,11H,3-7,9-10,12-13H2,1-2H3. The monoisotopic (exact) mass is 226 g/mol. The Balaban J connectivity index is 3.24. The molecule has 0 N–H and O–H groups in total. The Bertz CT molecular complexity index is 185. The second-order valence-electron chi connectivity index (χ2n) is 4.11. The second-order valence-corrected chi connectivity index (χ2v) is 4.11. The lowest BCUT2D eigenvalue weighted by Gasteiger charge is -2.01. The lowest BCUT2D eigenvalue weighted by Crippen LogP contribution is -2.03. The van der Waals surface area contributed by atoms with Crippen LogP contribution in [-0.4, -0.2) is 12.6 Å². The van der Waals surface area contributed by atoms with E-state index < -0.39 is 0 Å². The third kappa shape index (κ3) is 11.3. The summed E-state index contributed by atoms with van der Waals surface area (Å²) in [7, 11) is 0. The number of esters is 1. The molecule has 0 aliphatic rings. The van der Waals surface area contributed by atoms with Crippen LogP contribution in [0.2, 0.25) is 0 Å². The number of hydrogen-bond acceptors (Lipinski definition) is 2. The van der Waals surface area contributed by atoms with Crippen molar-refractivity contribution in [2.45, 2.75) is 65.2 Å². The van der Waals surface area contributed by atoms with Crippen LogP contribution in [0.4, 0.5) is 0 Å². The van der Waals surface area contributed by atoms with Crippen molar-refractivity contribution in [3.63, 3.8) is 0 Å². The molecule has 0 aromatic heterocycles. The predicted octanol–water partition coefficient (Wildman–Crippen LogP) is 4.25. The first-order chi connectivity index (χ1) is 7.81. The molecule has 0 amide bonds. The summed E-state index contributed by atoms with van der Waals surface area (Å²) in [5.74, 6) is -0.0577. The summed E-state index contributed by atoms with van der Waals surface area (Å²) in [6.07, 6.45) is 12.6. The molecular formula is C14H26O2. The number of unbranched alkanes of at least 4 members (excludes halogenated alkanes) is 5. The zero-order chi connectivity index (χ0) is 12.1. The Labute approximate surface area is 100 Å². The molecule has 0 aromatic carbocycles. The average Bonchev–Trinajstić information content (AvgIpc) is 2.28. The first-order valence-electron chi connectivity index (χ1n) is 6.61. The summed E-state index contributed by atoms with van der Waals surface area (Å²) in [6, 6.07) is 0. The van der Waals surface area contributed by atoms with E-state index in [-0.39, 0.29) is 5.97 Å². The molecule has 0 fully saturated rings. The van der Waals surface area contributed by atoms with Crippen molar-refractivity contribution >= 4 is 5.97 Å². The maximum atomic E-state index is 11.3. The Morgan fingerprint density at radius 3 is 2.44 bits per heavy atom. The SMILES string of the molecule is CCCC=CCOC(=O)CCCCCCC. The fraction of sp³-hybridized carbons (Fsp3) is 0.786. The Morgan fingerprint density at radius 2 is 1.75 bits per heavy atom. The first-order valence-corrected chi connectivity index (χ1v) is 6.61. The quantitative estimate of drug-likeness (QED) is 0.316. The zero-order valence-corrected chi connectivity index (χ0v) is 10.8. The molecule has 16 heavy (non-hydrogen) atoms. The highest BCUT2D eigenvalue weighted by atomic mass is 16.5. The molecule has 0 heterocycles. The van der Waals surface area contributed by atoms with E-state index in [0.717, 1.165) is 25.7 Å². The Kier molecular flexibility index (Phi) is 11.7. The number of hydrogen-bond donors (Lipinski definition) is 0. The van der Waals surface area contributed by atoms with Crippen molar-refractivity contribution in [2.75, 3.05) is 6.61 Å². The lowest BCUT2D eigenvalue weighted by atomic mass is 10.1. The molecule has 2 nitrogen and oxygen atoms in total. The molecule has 0 bridgehead atoms. The summed E-state index contributed by atoms with van der Waals surface area (Å²) in [5, 5.41) is 0. The molecule has 0 saturated carbocycles. The molecule has 0 unspecified atom stereocenters. The van der Waals surface area contributed by atoms with Gasteiger partial charge in [-0.1, -0.05) is 58.1 Å². The Morgan fingerprint density at radius 1 is 1.00 bits per heavy atom. The largest absolute Gasteiger partial charge is 0.461 e. The van der Waals surface area contributed by atoms with Crippen LogP contribution in [0.25, 0.3) is 0 Å². The van der Waals surface area contributed by atoms with Gasteiger partial charge >= 0.3 is 5.97 Å². The predicted molar refractivity (Wildman–Crippen MR) is 68.4 cm³/mol. The van der Waals surface area contributed by atoms with Gasteiger partial charge in [-0.3, -0.25) is 4.79 Å². The minimum Gasteiger partial charge on any atom is -0.461 e. The number of carbonyl (C=O) groups excluding carboxylic acids is 1. The van der Waals surface area contributed by atoms with Gasteiger partial charge in [-0.15, -0.1) is 0 Å².